The number of carbonyl (C=O) groups is 2. The summed E-state index contributed by atoms with van der Waals surface area (Å²) in [6.45, 7) is 5.25. The first kappa shape index (κ1) is 16.8. The Morgan fingerprint density at radius 2 is 1.90 bits per heavy atom. The molecule has 0 fully saturated rings. The van der Waals surface area contributed by atoms with E-state index in [-0.39, 0.29) is 18.4 Å². The SMILES string of the molecule is CCNC(=O)CN(CC)c1cc(C(=O)N(C)C)ccc1N. The molecule has 0 aliphatic heterocycles. The number of nitrogens with two attached hydrogens (primary N) is 1. The summed E-state index contributed by atoms with van der Waals surface area (Å²) >= 11 is 0. The van der Waals surface area contributed by atoms with E-state index >= 15 is 0 Å². The van der Waals surface area contributed by atoms with Crippen LogP contribution in [-0.4, -0.2) is 50.4 Å². The van der Waals surface area contributed by atoms with E-state index in [1.165, 1.54) is 4.90 Å². The molecule has 1 aromatic rings. The summed E-state index contributed by atoms with van der Waals surface area (Å²) in [6, 6.07) is 5.13. The second kappa shape index (κ2) is 7.52. The monoisotopic (exact) mass is 292 g/mol. The summed E-state index contributed by atoms with van der Waals surface area (Å²) in [5.74, 6) is -0.159. The fourth-order valence-corrected chi connectivity index (χ4v) is 2.00. The predicted octanol–water partition coefficient (Wildman–Crippen LogP) is 0.933. The van der Waals surface area contributed by atoms with E-state index < -0.39 is 0 Å². The number of nitrogens with one attached hydrogen (secondary N) is 1. The van der Waals surface area contributed by atoms with Crippen molar-refractivity contribution in [3.63, 3.8) is 0 Å². The van der Waals surface area contributed by atoms with Crippen molar-refractivity contribution in [1.82, 2.24) is 10.2 Å². The highest BCUT2D eigenvalue weighted by molar-refractivity contribution is 5.96. The number of rotatable bonds is 6. The van der Waals surface area contributed by atoms with Crippen LogP contribution in [0.4, 0.5) is 11.4 Å². The number of likely N-dealkylation sites (N-methyl/N-ethyl adjacent to an activating group) is 2. The summed E-state index contributed by atoms with van der Waals surface area (Å²) in [7, 11) is 3.40. The fourth-order valence-electron chi connectivity index (χ4n) is 2.00. The summed E-state index contributed by atoms with van der Waals surface area (Å²) in [4.78, 5) is 27.1. The van der Waals surface area contributed by atoms with E-state index in [9.17, 15) is 9.59 Å². The highest BCUT2D eigenvalue weighted by Gasteiger charge is 2.15. The Kier molecular flexibility index (Phi) is 6.02. The Bertz CT molecular complexity index is 514. The van der Waals surface area contributed by atoms with Gasteiger partial charge in [0.15, 0.2) is 0 Å². The summed E-state index contributed by atoms with van der Waals surface area (Å²) in [5, 5.41) is 2.76. The maximum Gasteiger partial charge on any atom is 0.253 e. The minimum Gasteiger partial charge on any atom is -0.397 e. The Morgan fingerprint density at radius 3 is 2.43 bits per heavy atom. The van der Waals surface area contributed by atoms with Crippen molar-refractivity contribution in [3.05, 3.63) is 23.8 Å². The first-order chi connectivity index (χ1) is 9.90. The summed E-state index contributed by atoms with van der Waals surface area (Å²) < 4.78 is 0. The molecule has 0 aliphatic rings. The minimum absolute atomic E-state index is 0.0666. The standard InChI is InChI=1S/C15H24N4O2/c1-5-17-14(20)10-19(6-2)13-9-11(7-8-12(13)16)15(21)18(3)4/h7-9H,5-6,10,16H2,1-4H3,(H,17,20). The zero-order valence-electron chi connectivity index (χ0n) is 13.1. The molecule has 0 saturated carbocycles. The van der Waals surface area contributed by atoms with Gasteiger partial charge in [-0.15, -0.1) is 0 Å². The number of anilines is 2. The molecule has 6 heteroatoms. The van der Waals surface area contributed by atoms with Crippen LogP contribution in [0.25, 0.3) is 0 Å². The maximum absolute atomic E-state index is 12.0. The van der Waals surface area contributed by atoms with Crippen molar-refractivity contribution in [3.8, 4) is 0 Å². The van der Waals surface area contributed by atoms with Crippen LogP contribution in [0.5, 0.6) is 0 Å². The lowest BCUT2D eigenvalue weighted by atomic mass is 10.1. The Labute approximate surface area is 125 Å². The average molecular weight is 292 g/mol. The van der Waals surface area contributed by atoms with Crippen molar-refractivity contribution < 1.29 is 9.59 Å². The molecule has 1 aromatic carbocycles. The number of hydrogen-bond donors (Lipinski definition) is 2. The van der Waals surface area contributed by atoms with Gasteiger partial charge in [-0.3, -0.25) is 9.59 Å². The van der Waals surface area contributed by atoms with Gasteiger partial charge in [0.2, 0.25) is 5.91 Å². The lowest BCUT2D eigenvalue weighted by Gasteiger charge is -2.24. The molecule has 0 aliphatic carbocycles. The van der Waals surface area contributed by atoms with Crippen LogP contribution >= 0.6 is 0 Å². The molecule has 0 aromatic heterocycles. The van der Waals surface area contributed by atoms with Gasteiger partial charge < -0.3 is 20.9 Å². The molecule has 116 valence electrons. The zero-order chi connectivity index (χ0) is 16.0. The van der Waals surface area contributed by atoms with E-state index in [2.05, 4.69) is 5.32 Å². The highest BCUT2D eigenvalue weighted by atomic mass is 16.2. The quantitative estimate of drug-likeness (QED) is 0.765. The molecule has 0 heterocycles. The van der Waals surface area contributed by atoms with Crippen molar-refractivity contribution >= 4 is 23.2 Å². The Balaban J connectivity index is 3.05. The van der Waals surface area contributed by atoms with Crippen LogP contribution in [0.1, 0.15) is 24.2 Å². The number of carbonyl (C=O) groups excluding carboxylic acids is 2. The van der Waals surface area contributed by atoms with E-state index in [4.69, 9.17) is 5.73 Å². The predicted molar refractivity (Wildman–Crippen MR) is 85.4 cm³/mol. The second-order valence-corrected chi connectivity index (χ2v) is 4.94. The number of nitrogen functional groups attached to an aromatic ring is 1. The van der Waals surface area contributed by atoms with E-state index in [0.29, 0.717) is 30.0 Å². The third kappa shape index (κ3) is 4.37. The highest BCUT2D eigenvalue weighted by Crippen LogP contribution is 2.25. The second-order valence-electron chi connectivity index (χ2n) is 4.94. The van der Waals surface area contributed by atoms with Gasteiger partial charge >= 0.3 is 0 Å². The fraction of sp³-hybridized carbons (Fsp3) is 0.467. The third-order valence-electron chi connectivity index (χ3n) is 3.11. The first-order valence-electron chi connectivity index (χ1n) is 7.03. The normalized spacial score (nSPS) is 10.1. The van der Waals surface area contributed by atoms with E-state index in [1.54, 1.807) is 32.3 Å². The van der Waals surface area contributed by atoms with Gasteiger partial charge in [-0.2, -0.15) is 0 Å². The topological polar surface area (TPSA) is 78.7 Å². The Morgan fingerprint density at radius 1 is 1.24 bits per heavy atom. The van der Waals surface area contributed by atoms with Gasteiger partial charge in [0, 0.05) is 32.7 Å². The zero-order valence-corrected chi connectivity index (χ0v) is 13.1. The molecule has 0 saturated heterocycles. The maximum atomic E-state index is 12.0. The average Bonchev–Trinajstić information content (AvgIpc) is 2.45. The molecule has 0 atom stereocenters. The third-order valence-corrected chi connectivity index (χ3v) is 3.11. The summed E-state index contributed by atoms with van der Waals surface area (Å²) in [6.07, 6.45) is 0. The first-order valence-corrected chi connectivity index (χ1v) is 7.03. The van der Waals surface area contributed by atoms with Gasteiger partial charge in [0.25, 0.3) is 5.91 Å². The minimum atomic E-state index is -0.0923. The van der Waals surface area contributed by atoms with Crippen LogP contribution in [0.2, 0.25) is 0 Å². The molecule has 3 N–H and O–H groups in total. The van der Waals surface area contributed by atoms with E-state index in [1.807, 2.05) is 18.7 Å². The van der Waals surface area contributed by atoms with Crippen LogP contribution in [0, 0.1) is 0 Å². The molecule has 21 heavy (non-hydrogen) atoms. The van der Waals surface area contributed by atoms with Crippen molar-refractivity contribution in [1.29, 1.82) is 0 Å². The molecule has 0 spiro atoms. The van der Waals surface area contributed by atoms with Crippen molar-refractivity contribution in [2.24, 2.45) is 0 Å². The summed E-state index contributed by atoms with van der Waals surface area (Å²) in [5.41, 5.74) is 7.81. The molecule has 6 nitrogen and oxygen atoms in total. The molecular weight excluding hydrogens is 268 g/mol. The lowest BCUT2D eigenvalue weighted by molar-refractivity contribution is -0.119. The van der Waals surface area contributed by atoms with Crippen molar-refractivity contribution in [2.45, 2.75) is 13.8 Å². The smallest absolute Gasteiger partial charge is 0.253 e. The largest absolute Gasteiger partial charge is 0.397 e. The van der Waals surface area contributed by atoms with Gasteiger partial charge in [-0.1, -0.05) is 0 Å². The molecule has 1 rings (SSSR count). The molecule has 0 bridgehead atoms. The molecule has 2 amide bonds. The van der Waals surface area contributed by atoms with Crippen LogP contribution < -0.4 is 16.0 Å². The van der Waals surface area contributed by atoms with Gasteiger partial charge in [-0.05, 0) is 32.0 Å². The van der Waals surface area contributed by atoms with Gasteiger partial charge in [-0.25, -0.2) is 0 Å². The number of amides is 2. The van der Waals surface area contributed by atoms with Crippen molar-refractivity contribution in [2.75, 3.05) is 44.4 Å². The number of hydrogen-bond acceptors (Lipinski definition) is 4. The van der Waals surface area contributed by atoms with E-state index in [0.717, 1.165) is 0 Å². The van der Waals surface area contributed by atoms with Crippen LogP contribution in [-0.2, 0) is 4.79 Å². The van der Waals surface area contributed by atoms with Gasteiger partial charge in [0.05, 0.1) is 17.9 Å². The Hall–Kier alpha value is -2.24. The lowest BCUT2D eigenvalue weighted by Crippen LogP contribution is -2.37. The van der Waals surface area contributed by atoms with Crippen LogP contribution in [0.3, 0.4) is 0 Å². The van der Waals surface area contributed by atoms with Gasteiger partial charge in [0.1, 0.15) is 0 Å². The number of benzene rings is 1. The van der Waals surface area contributed by atoms with Crippen LogP contribution in [0.15, 0.2) is 18.2 Å². The molecular formula is C15H24N4O2. The molecule has 0 radical (unpaired) electrons. The molecule has 0 unspecified atom stereocenters. The number of nitrogens with zero attached hydrogens (tertiary/aromatic N) is 2.